The molecule has 0 spiro atoms. The lowest BCUT2D eigenvalue weighted by Gasteiger charge is -2.62. The van der Waals surface area contributed by atoms with Crippen molar-refractivity contribution in [3.8, 4) is 10.4 Å². The molecule has 1 aromatic carbocycles. The molecule has 7 nitrogen and oxygen atoms in total. The van der Waals surface area contributed by atoms with Crippen LogP contribution in [-0.4, -0.2) is 31.5 Å². The third-order valence-electron chi connectivity index (χ3n) is 8.29. The van der Waals surface area contributed by atoms with Crippen LogP contribution in [0.2, 0.25) is 0 Å². The molecule has 4 fully saturated rings. The molecule has 0 saturated heterocycles. The number of carbonyl (C=O) groups is 1. The monoisotopic (exact) mass is 543 g/mol. The fraction of sp³-hybridized carbons (Fsp3) is 0.481. The summed E-state index contributed by atoms with van der Waals surface area (Å²) in [5.41, 5.74) is 0.0254. The van der Waals surface area contributed by atoms with Crippen molar-refractivity contribution >= 4 is 28.9 Å². The van der Waals surface area contributed by atoms with Gasteiger partial charge in [0.2, 0.25) is 11.9 Å². The minimum atomic E-state index is -4.56. The molecule has 4 aliphatic rings. The number of aryl methyl sites for hydroxylation is 1. The van der Waals surface area contributed by atoms with E-state index in [9.17, 15) is 23.1 Å². The smallest absolute Gasteiger partial charge is 0.382 e. The van der Waals surface area contributed by atoms with Gasteiger partial charge in [0.1, 0.15) is 16.3 Å². The molecule has 7 rings (SSSR count). The maximum absolute atomic E-state index is 13.1. The molecule has 3 aromatic rings. The number of anilines is 2. The van der Waals surface area contributed by atoms with Crippen LogP contribution in [0.3, 0.4) is 0 Å². The summed E-state index contributed by atoms with van der Waals surface area (Å²) in [7, 11) is 0. The van der Waals surface area contributed by atoms with E-state index in [4.69, 9.17) is 0 Å². The van der Waals surface area contributed by atoms with Gasteiger partial charge in [-0.05, 0) is 86.1 Å². The summed E-state index contributed by atoms with van der Waals surface area (Å²) >= 11 is 1.45. The molecule has 2 unspecified atom stereocenters. The van der Waals surface area contributed by atoms with Gasteiger partial charge in [0.15, 0.2) is 0 Å². The van der Waals surface area contributed by atoms with Crippen LogP contribution in [0, 0.1) is 24.7 Å². The molecular weight excluding hydrogens is 515 g/mol. The minimum Gasteiger partial charge on any atom is -0.382 e. The fourth-order valence-corrected chi connectivity index (χ4v) is 8.31. The van der Waals surface area contributed by atoms with Crippen LogP contribution in [0.4, 0.5) is 24.8 Å². The molecule has 0 radical (unpaired) electrons. The molecule has 1 amide bonds. The second kappa shape index (κ2) is 8.74. The van der Waals surface area contributed by atoms with Crippen LogP contribution < -0.4 is 10.6 Å². The third kappa shape index (κ3) is 4.35. The molecule has 200 valence electrons. The standard InChI is InChI=1S/C27H28F3N5O2S/c1-14-5-17(9-20(6-14)33-24-31-4-3-22(34-24)27(28,29)30)21-13-32-23(38-21)26(37)18-7-16-8-19(26)12-25(10-16,11-18)35-15(2)36/h3-6,9,13,16,18-19,37H,7-8,10-12H2,1-2H3,(H,35,36)(H,31,33,34)/t16?,18-,19+,25?,26+. The van der Waals surface area contributed by atoms with Crippen LogP contribution in [0.25, 0.3) is 10.4 Å². The van der Waals surface area contributed by atoms with Crippen LogP contribution in [0.5, 0.6) is 0 Å². The van der Waals surface area contributed by atoms with Crippen LogP contribution in [0.15, 0.2) is 36.7 Å². The molecule has 5 atom stereocenters. The van der Waals surface area contributed by atoms with Crippen molar-refractivity contribution < 1.29 is 23.1 Å². The Bertz CT molecular complexity index is 1390. The van der Waals surface area contributed by atoms with Crippen LogP contribution >= 0.6 is 11.3 Å². The van der Waals surface area contributed by atoms with Gasteiger partial charge in [-0.25, -0.2) is 15.0 Å². The molecule has 4 bridgehead atoms. The number of halogens is 3. The summed E-state index contributed by atoms with van der Waals surface area (Å²) < 4.78 is 39.2. The topological polar surface area (TPSA) is 100 Å². The van der Waals surface area contributed by atoms with E-state index in [1.807, 2.05) is 25.1 Å². The summed E-state index contributed by atoms with van der Waals surface area (Å²) in [6.07, 6.45) is 2.61. The Kier molecular flexibility index (Phi) is 5.80. The minimum absolute atomic E-state index is 0.0218. The van der Waals surface area contributed by atoms with Crippen LogP contribution in [-0.2, 0) is 16.6 Å². The molecule has 4 saturated carbocycles. The van der Waals surface area contributed by atoms with Crippen molar-refractivity contribution in [1.29, 1.82) is 0 Å². The maximum Gasteiger partial charge on any atom is 0.433 e. The number of thiazole rings is 1. The highest BCUT2D eigenvalue weighted by Gasteiger charge is 2.63. The second-order valence-corrected chi connectivity index (χ2v) is 12.2. The number of amides is 1. The number of nitrogens with zero attached hydrogens (tertiary/aromatic N) is 3. The lowest BCUT2D eigenvalue weighted by Crippen LogP contribution is -2.66. The summed E-state index contributed by atoms with van der Waals surface area (Å²) in [6, 6.07) is 6.43. The average Bonchev–Trinajstić information content (AvgIpc) is 3.32. The zero-order valence-corrected chi connectivity index (χ0v) is 21.8. The SMILES string of the molecule is CC(=O)NC12CC3C[C@H](C1)[C@@](O)(c1ncc(-c4cc(C)cc(Nc5nccc(C(F)(F)F)n5)c4)s1)[C@@H](C3)C2. The summed E-state index contributed by atoms with van der Waals surface area (Å²) in [6.45, 7) is 3.46. The molecule has 3 N–H and O–H groups in total. The number of aliphatic hydroxyl groups is 1. The number of hydrogen-bond acceptors (Lipinski definition) is 7. The first-order valence-corrected chi connectivity index (χ1v) is 13.5. The Balaban J connectivity index is 1.27. The number of aromatic nitrogens is 3. The highest BCUT2D eigenvalue weighted by Crippen LogP contribution is 2.63. The zero-order chi connectivity index (χ0) is 26.9. The van der Waals surface area contributed by atoms with Crippen molar-refractivity contribution in [3.63, 3.8) is 0 Å². The van der Waals surface area contributed by atoms with Crippen molar-refractivity contribution in [3.05, 3.63) is 52.9 Å². The molecule has 2 heterocycles. The van der Waals surface area contributed by atoms with Gasteiger partial charge in [-0.15, -0.1) is 11.3 Å². The van der Waals surface area contributed by atoms with E-state index in [-0.39, 0.29) is 29.2 Å². The average molecular weight is 544 g/mol. The van der Waals surface area contributed by atoms with E-state index in [0.717, 1.165) is 60.4 Å². The Morgan fingerprint density at radius 3 is 2.55 bits per heavy atom. The molecule has 38 heavy (non-hydrogen) atoms. The zero-order valence-electron chi connectivity index (χ0n) is 21.0. The van der Waals surface area contributed by atoms with Gasteiger partial charge < -0.3 is 15.7 Å². The number of nitrogens with one attached hydrogen (secondary N) is 2. The highest BCUT2D eigenvalue weighted by molar-refractivity contribution is 7.15. The van der Waals surface area contributed by atoms with E-state index in [1.165, 1.54) is 11.3 Å². The summed E-state index contributed by atoms with van der Waals surface area (Å²) in [5, 5.41) is 18.9. The first kappa shape index (κ1) is 25.2. The lowest BCUT2D eigenvalue weighted by molar-refractivity contribution is -0.192. The maximum atomic E-state index is 13.1. The van der Waals surface area contributed by atoms with Gasteiger partial charge >= 0.3 is 6.18 Å². The van der Waals surface area contributed by atoms with Gasteiger partial charge in [-0.2, -0.15) is 13.2 Å². The van der Waals surface area contributed by atoms with Crippen molar-refractivity contribution in [2.24, 2.45) is 17.8 Å². The molecule has 0 aliphatic heterocycles. The predicted octanol–water partition coefficient (Wildman–Crippen LogP) is 5.57. The van der Waals surface area contributed by atoms with E-state index in [1.54, 1.807) is 13.1 Å². The van der Waals surface area contributed by atoms with E-state index >= 15 is 0 Å². The largest absolute Gasteiger partial charge is 0.433 e. The van der Waals surface area contributed by atoms with Crippen molar-refractivity contribution in [2.75, 3.05) is 5.32 Å². The normalized spacial score (nSPS) is 29.9. The molecule has 11 heteroatoms. The van der Waals surface area contributed by atoms with Gasteiger partial charge in [-0.1, -0.05) is 6.07 Å². The Morgan fingerprint density at radius 1 is 1.13 bits per heavy atom. The second-order valence-electron chi connectivity index (χ2n) is 11.1. The fourth-order valence-electron chi connectivity index (χ4n) is 7.16. The number of benzene rings is 1. The first-order chi connectivity index (χ1) is 17.9. The summed E-state index contributed by atoms with van der Waals surface area (Å²) in [5.74, 6) is 0.408. The highest BCUT2D eigenvalue weighted by atomic mass is 32.1. The molecule has 4 aliphatic carbocycles. The number of alkyl halides is 3. The molecular formula is C27H28F3N5O2S. The van der Waals surface area contributed by atoms with E-state index < -0.39 is 17.5 Å². The molecule has 2 aromatic heterocycles. The first-order valence-electron chi connectivity index (χ1n) is 12.7. The van der Waals surface area contributed by atoms with E-state index in [0.29, 0.717) is 16.6 Å². The van der Waals surface area contributed by atoms with Gasteiger partial charge in [-0.3, -0.25) is 4.79 Å². The van der Waals surface area contributed by atoms with Crippen molar-refractivity contribution in [2.45, 2.75) is 63.3 Å². The Morgan fingerprint density at radius 2 is 1.87 bits per heavy atom. The van der Waals surface area contributed by atoms with Gasteiger partial charge in [0.05, 0.1) is 4.88 Å². The predicted molar refractivity (Wildman–Crippen MR) is 137 cm³/mol. The van der Waals surface area contributed by atoms with Crippen LogP contribution in [0.1, 0.15) is 55.3 Å². The van der Waals surface area contributed by atoms with Crippen molar-refractivity contribution in [1.82, 2.24) is 20.3 Å². The van der Waals surface area contributed by atoms with Gasteiger partial charge in [0, 0.05) is 30.5 Å². The lowest BCUT2D eigenvalue weighted by atomic mass is 9.47. The number of rotatable bonds is 5. The number of hydrogen-bond donors (Lipinski definition) is 3. The Labute approximate surface area is 221 Å². The van der Waals surface area contributed by atoms with E-state index in [2.05, 4.69) is 25.6 Å². The summed E-state index contributed by atoms with van der Waals surface area (Å²) in [4.78, 5) is 25.0. The van der Waals surface area contributed by atoms with Gasteiger partial charge in [0.25, 0.3) is 0 Å². The number of carbonyl (C=O) groups excluding carboxylic acids is 1. The quantitative estimate of drug-likeness (QED) is 0.389. The Hall–Kier alpha value is -3.05. The third-order valence-corrected chi connectivity index (χ3v) is 9.47.